The molecule has 0 radical (unpaired) electrons. The second-order valence-electron chi connectivity index (χ2n) is 5.18. The first-order valence-corrected chi connectivity index (χ1v) is 7.91. The Morgan fingerprint density at radius 2 is 2.18 bits per heavy atom. The molecule has 4 heteroatoms. The smallest absolute Gasteiger partial charge is 0.239 e. The third-order valence-corrected chi connectivity index (χ3v) is 4.31. The highest BCUT2D eigenvalue weighted by Gasteiger charge is 2.28. The normalized spacial score (nSPS) is 23.2. The Hall–Kier alpha value is -0.220. The monoisotopic (exact) mass is 258 g/mol. The van der Waals surface area contributed by atoms with E-state index in [-0.39, 0.29) is 6.04 Å². The predicted molar refractivity (Wildman–Crippen MR) is 75.5 cm³/mol. The Morgan fingerprint density at radius 3 is 2.76 bits per heavy atom. The Bertz CT molecular complexity index is 246. The van der Waals surface area contributed by atoms with Gasteiger partial charge in [-0.2, -0.15) is 11.8 Å². The Balaban J connectivity index is 2.42. The fourth-order valence-corrected chi connectivity index (χ4v) is 2.52. The van der Waals surface area contributed by atoms with Crippen molar-refractivity contribution in [3.63, 3.8) is 0 Å². The number of thioether (sulfide) groups is 1. The predicted octanol–water partition coefficient (Wildman–Crippen LogP) is 2.12. The van der Waals surface area contributed by atoms with Crippen molar-refractivity contribution in [1.82, 2.24) is 10.2 Å². The molecule has 2 atom stereocenters. The summed E-state index contributed by atoms with van der Waals surface area (Å²) < 4.78 is 0. The van der Waals surface area contributed by atoms with Crippen molar-refractivity contribution >= 4 is 17.7 Å². The van der Waals surface area contributed by atoms with Crippen LogP contribution in [0.15, 0.2) is 0 Å². The highest BCUT2D eigenvalue weighted by Crippen LogP contribution is 2.16. The van der Waals surface area contributed by atoms with Crippen molar-refractivity contribution in [2.24, 2.45) is 0 Å². The summed E-state index contributed by atoms with van der Waals surface area (Å²) in [6, 6.07) is 0.433. The lowest BCUT2D eigenvalue weighted by Crippen LogP contribution is -2.52. The summed E-state index contributed by atoms with van der Waals surface area (Å²) in [6.45, 7) is 8.28. The molecule has 0 aromatic rings. The van der Waals surface area contributed by atoms with Crippen LogP contribution in [-0.4, -0.2) is 47.5 Å². The summed E-state index contributed by atoms with van der Waals surface area (Å²) in [6.07, 6.45) is 5.35. The van der Waals surface area contributed by atoms with E-state index in [1.165, 1.54) is 0 Å². The van der Waals surface area contributed by atoms with Crippen LogP contribution >= 0.6 is 11.8 Å². The molecule has 0 aromatic heterocycles. The van der Waals surface area contributed by atoms with Gasteiger partial charge in [-0.3, -0.25) is 4.79 Å². The minimum absolute atomic E-state index is 0.0494. The van der Waals surface area contributed by atoms with E-state index in [9.17, 15) is 4.79 Å². The number of nitrogens with one attached hydrogen (secondary N) is 1. The van der Waals surface area contributed by atoms with Crippen LogP contribution in [0.3, 0.4) is 0 Å². The van der Waals surface area contributed by atoms with Crippen molar-refractivity contribution in [3.8, 4) is 0 Å². The number of rotatable bonds is 6. The summed E-state index contributed by atoms with van der Waals surface area (Å²) in [4.78, 5) is 14.3. The van der Waals surface area contributed by atoms with Crippen molar-refractivity contribution in [1.29, 1.82) is 0 Å². The average Bonchev–Trinajstić information content (AvgIpc) is 2.29. The van der Waals surface area contributed by atoms with Crippen molar-refractivity contribution in [3.05, 3.63) is 0 Å². The third-order valence-electron chi connectivity index (χ3n) is 3.27. The van der Waals surface area contributed by atoms with Gasteiger partial charge >= 0.3 is 0 Å². The molecule has 17 heavy (non-hydrogen) atoms. The first-order chi connectivity index (χ1) is 8.04. The van der Waals surface area contributed by atoms with E-state index in [4.69, 9.17) is 0 Å². The van der Waals surface area contributed by atoms with Crippen LogP contribution in [0.4, 0.5) is 0 Å². The number of carbonyl (C=O) groups excluding carboxylic acids is 1. The molecule has 3 nitrogen and oxygen atoms in total. The summed E-state index contributed by atoms with van der Waals surface area (Å²) in [5.41, 5.74) is 0. The van der Waals surface area contributed by atoms with Gasteiger partial charge in [0.05, 0.1) is 6.04 Å². The molecule has 0 aliphatic carbocycles. The van der Waals surface area contributed by atoms with Crippen LogP contribution in [0.1, 0.15) is 40.0 Å². The number of nitrogens with zero attached hydrogens (tertiary/aromatic N) is 1. The lowest BCUT2D eigenvalue weighted by molar-refractivity contribution is -0.136. The number of amides is 1. The molecule has 1 amide bonds. The van der Waals surface area contributed by atoms with Crippen LogP contribution in [-0.2, 0) is 4.79 Å². The van der Waals surface area contributed by atoms with Crippen LogP contribution in [0, 0.1) is 0 Å². The van der Waals surface area contributed by atoms with Gasteiger partial charge in [-0.25, -0.2) is 0 Å². The van der Waals surface area contributed by atoms with E-state index in [2.05, 4.69) is 32.3 Å². The number of likely N-dealkylation sites (tertiary alicyclic amines) is 1. The second-order valence-corrected chi connectivity index (χ2v) is 6.45. The quantitative estimate of drug-likeness (QED) is 0.792. The Kier molecular flexibility index (Phi) is 6.34. The molecule has 100 valence electrons. The minimum atomic E-state index is 0.0494. The van der Waals surface area contributed by atoms with Gasteiger partial charge in [0.15, 0.2) is 0 Å². The Morgan fingerprint density at radius 1 is 1.47 bits per heavy atom. The fourth-order valence-electron chi connectivity index (χ4n) is 2.17. The summed E-state index contributed by atoms with van der Waals surface area (Å²) in [7, 11) is 0. The molecule has 1 fully saturated rings. The number of hydrogen-bond donors (Lipinski definition) is 1. The van der Waals surface area contributed by atoms with E-state index in [1.54, 1.807) is 0 Å². The molecule has 0 bridgehead atoms. The van der Waals surface area contributed by atoms with E-state index >= 15 is 0 Å². The van der Waals surface area contributed by atoms with Gasteiger partial charge in [0, 0.05) is 24.4 Å². The van der Waals surface area contributed by atoms with Crippen molar-refractivity contribution < 1.29 is 4.79 Å². The standard InChI is InChI=1S/C13H26N2OS/c1-10(2)14-12-6-5-8-15(13(12)16)9-7-11(3)17-4/h10-12,14H,5-9H2,1-4H3. The molecule has 0 spiro atoms. The van der Waals surface area contributed by atoms with E-state index in [0.717, 1.165) is 32.4 Å². The average molecular weight is 258 g/mol. The summed E-state index contributed by atoms with van der Waals surface area (Å²) >= 11 is 1.87. The van der Waals surface area contributed by atoms with Gasteiger partial charge in [-0.05, 0) is 25.5 Å². The molecule has 1 heterocycles. The number of piperidine rings is 1. The zero-order valence-corrected chi connectivity index (χ0v) is 12.3. The first kappa shape index (κ1) is 14.8. The maximum atomic E-state index is 12.2. The lowest BCUT2D eigenvalue weighted by atomic mass is 10.0. The van der Waals surface area contributed by atoms with Gasteiger partial charge in [-0.15, -0.1) is 0 Å². The molecule has 0 saturated carbocycles. The molecule has 1 saturated heterocycles. The van der Waals surface area contributed by atoms with Crippen LogP contribution < -0.4 is 5.32 Å². The van der Waals surface area contributed by atoms with E-state index in [0.29, 0.717) is 17.2 Å². The van der Waals surface area contributed by atoms with E-state index < -0.39 is 0 Å². The maximum Gasteiger partial charge on any atom is 0.239 e. The summed E-state index contributed by atoms with van der Waals surface area (Å²) in [5.74, 6) is 0.304. The molecular formula is C13H26N2OS. The van der Waals surface area contributed by atoms with Gasteiger partial charge in [-0.1, -0.05) is 20.8 Å². The van der Waals surface area contributed by atoms with Crippen LogP contribution in [0.2, 0.25) is 0 Å². The molecule has 1 N–H and O–H groups in total. The van der Waals surface area contributed by atoms with Crippen LogP contribution in [0.5, 0.6) is 0 Å². The fraction of sp³-hybridized carbons (Fsp3) is 0.923. The zero-order valence-electron chi connectivity index (χ0n) is 11.5. The molecule has 0 aromatic carbocycles. The molecule has 1 aliphatic rings. The topological polar surface area (TPSA) is 32.3 Å². The molecule has 1 rings (SSSR count). The van der Waals surface area contributed by atoms with Crippen molar-refractivity contribution in [2.75, 3.05) is 19.3 Å². The van der Waals surface area contributed by atoms with Gasteiger partial charge in [0.25, 0.3) is 0 Å². The number of carbonyl (C=O) groups is 1. The summed E-state index contributed by atoms with van der Waals surface area (Å²) in [5, 5.41) is 4.01. The van der Waals surface area contributed by atoms with Gasteiger partial charge in [0.1, 0.15) is 0 Å². The largest absolute Gasteiger partial charge is 0.341 e. The Labute approximate surface area is 110 Å². The SMILES string of the molecule is CSC(C)CCN1CCCC(NC(C)C)C1=O. The molecule has 1 aliphatic heterocycles. The third kappa shape index (κ3) is 4.88. The van der Waals surface area contributed by atoms with Gasteiger partial charge < -0.3 is 10.2 Å². The van der Waals surface area contributed by atoms with Crippen molar-refractivity contribution in [2.45, 2.75) is 57.4 Å². The number of hydrogen-bond acceptors (Lipinski definition) is 3. The second kappa shape index (κ2) is 7.27. The highest BCUT2D eigenvalue weighted by atomic mass is 32.2. The highest BCUT2D eigenvalue weighted by molar-refractivity contribution is 7.99. The maximum absolute atomic E-state index is 12.2. The van der Waals surface area contributed by atoms with E-state index in [1.807, 2.05) is 16.7 Å². The zero-order chi connectivity index (χ0) is 12.8. The minimum Gasteiger partial charge on any atom is -0.341 e. The van der Waals surface area contributed by atoms with Crippen LogP contribution in [0.25, 0.3) is 0 Å². The molecule has 2 unspecified atom stereocenters. The lowest BCUT2D eigenvalue weighted by Gasteiger charge is -2.34. The molecular weight excluding hydrogens is 232 g/mol. The first-order valence-electron chi connectivity index (χ1n) is 6.62. The van der Waals surface area contributed by atoms with Gasteiger partial charge in [0.2, 0.25) is 5.91 Å².